The van der Waals surface area contributed by atoms with Gasteiger partial charge in [0.15, 0.2) is 0 Å². The highest BCUT2D eigenvalue weighted by molar-refractivity contribution is 5.29. The molecule has 0 saturated heterocycles. The van der Waals surface area contributed by atoms with Crippen molar-refractivity contribution in [2.75, 3.05) is 7.11 Å². The number of rotatable bonds is 7. The number of hydrogen-bond donors (Lipinski definition) is 0. The first-order valence-electron chi connectivity index (χ1n) is 9.73. The van der Waals surface area contributed by atoms with Gasteiger partial charge in [0, 0.05) is 12.5 Å². The molecule has 0 bridgehead atoms. The minimum absolute atomic E-state index is 0.126. The molecule has 24 heavy (non-hydrogen) atoms. The van der Waals surface area contributed by atoms with Crippen LogP contribution < -0.4 is 4.74 Å². The Labute approximate surface area is 148 Å². The van der Waals surface area contributed by atoms with Gasteiger partial charge in [0.1, 0.15) is 5.75 Å². The highest BCUT2D eigenvalue weighted by Crippen LogP contribution is 2.48. The zero-order valence-electron chi connectivity index (χ0n) is 16.5. The third kappa shape index (κ3) is 4.33. The normalized spacial score (nSPS) is 29.9. The lowest BCUT2D eigenvalue weighted by Gasteiger charge is -2.46. The van der Waals surface area contributed by atoms with Crippen molar-refractivity contribution in [1.29, 1.82) is 0 Å². The molecular weight excluding hydrogens is 296 g/mol. The van der Waals surface area contributed by atoms with Crippen LogP contribution in [0.25, 0.3) is 0 Å². The zero-order valence-corrected chi connectivity index (χ0v) is 16.5. The molecule has 0 aromatic heterocycles. The maximum atomic E-state index is 6.34. The van der Waals surface area contributed by atoms with E-state index in [0.717, 1.165) is 30.4 Å². The third-order valence-electron chi connectivity index (χ3n) is 6.04. The summed E-state index contributed by atoms with van der Waals surface area (Å²) in [6.07, 6.45) is 5.80. The maximum absolute atomic E-state index is 6.34. The molecule has 0 spiro atoms. The van der Waals surface area contributed by atoms with E-state index in [1.165, 1.54) is 24.8 Å². The second-order valence-electron chi connectivity index (χ2n) is 8.13. The van der Waals surface area contributed by atoms with Crippen molar-refractivity contribution in [1.82, 2.24) is 0 Å². The minimum atomic E-state index is -0.165. The van der Waals surface area contributed by atoms with Crippen molar-refractivity contribution in [3.05, 3.63) is 29.8 Å². The highest BCUT2D eigenvalue weighted by Gasteiger charge is 2.44. The first-order chi connectivity index (χ1) is 11.4. The van der Waals surface area contributed by atoms with Gasteiger partial charge in [0.2, 0.25) is 6.29 Å². The summed E-state index contributed by atoms with van der Waals surface area (Å²) in [5, 5.41) is 0. The second kappa shape index (κ2) is 8.38. The van der Waals surface area contributed by atoms with E-state index in [4.69, 9.17) is 9.47 Å². The molecule has 4 atom stereocenters. The van der Waals surface area contributed by atoms with Gasteiger partial charge in [-0.2, -0.15) is 0 Å². The molecule has 136 valence electrons. The molecule has 1 aromatic carbocycles. The molecule has 1 saturated carbocycles. The van der Waals surface area contributed by atoms with E-state index >= 15 is 0 Å². The molecule has 0 N–H and O–H groups in total. The van der Waals surface area contributed by atoms with Crippen LogP contribution in [0.1, 0.15) is 78.2 Å². The van der Waals surface area contributed by atoms with Gasteiger partial charge in [-0.1, -0.05) is 46.8 Å². The molecular formula is C22H36O2. The fourth-order valence-electron chi connectivity index (χ4n) is 4.63. The van der Waals surface area contributed by atoms with Gasteiger partial charge >= 0.3 is 0 Å². The van der Waals surface area contributed by atoms with Crippen LogP contribution >= 0.6 is 0 Å². The SMILES string of the molecule is CCC(C)c1ccc(OC(OC)C2(CC)CC(C)CC(C)C2)cc1. The summed E-state index contributed by atoms with van der Waals surface area (Å²) >= 11 is 0. The smallest absolute Gasteiger partial charge is 0.205 e. The van der Waals surface area contributed by atoms with E-state index in [1.807, 2.05) is 0 Å². The topological polar surface area (TPSA) is 18.5 Å². The van der Waals surface area contributed by atoms with Gasteiger partial charge in [-0.25, -0.2) is 0 Å². The lowest BCUT2D eigenvalue weighted by molar-refractivity contribution is -0.165. The molecule has 1 aliphatic carbocycles. The lowest BCUT2D eigenvalue weighted by Crippen LogP contribution is -2.45. The third-order valence-corrected chi connectivity index (χ3v) is 6.04. The first-order valence-corrected chi connectivity index (χ1v) is 9.73. The molecule has 0 radical (unpaired) electrons. The first kappa shape index (κ1) is 19.3. The van der Waals surface area contributed by atoms with Gasteiger partial charge in [0.05, 0.1) is 0 Å². The Bertz CT molecular complexity index is 483. The van der Waals surface area contributed by atoms with Gasteiger partial charge in [0.25, 0.3) is 0 Å². The molecule has 0 amide bonds. The zero-order chi connectivity index (χ0) is 17.7. The predicted octanol–water partition coefficient (Wildman–Crippen LogP) is 6.40. The van der Waals surface area contributed by atoms with Crippen LogP contribution in [0.15, 0.2) is 24.3 Å². The van der Waals surface area contributed by atoms with Crippen LogP contribution in [-0.2, 0) is 4.74 Å². The molecule has 4 unspecified atom stereocenters. The van der Waals surface area contributed by atoms with Crippen molar-refractivity contribution < 1.29 is 9.47 Å². The maximum Gasteiger partial charge on any atom is 0.205 e. The van der Waals surface area contributed by atoms with E-state index < -0.39 is 0 Å². The molecule has 2 nitrogen and oxygen atoms in total. The number of hydrogen-bond acceptors (Lipinski definition) is 2. The molecule has 0 heterocycles. The average molecular weight is 333 g/mol. The van der Waals surface area contributed by atoms with Gasteiger partial charge in [-0.3, -0.25) is 0 Å². The Hall–Kier alpha value is -1.02. The molecule has 1 aliphatic rings. The minimum Gasteiger partial charge on any atom is -0.464 e. The summed E-state index contributed by atoms with van der Waals surface area (Å²) < 4.78 is 12.2. The predicted molar refractivity (Wildman–Crippen MR) is 101 cm³/mol. The van der Waals surface area contributed by atoms with Crippen molar-refractivity contribution >= 4 is 0 Å². The standard InChI is InChI=1S/C22H36O2/c1-7-18(5)19-9-11-20(12-10-19)24-21(23-6)22(8-2)14-16(3)13-17(4)15-22/h9-12,16-18,21H,7-8,13-15H2,1-6H3. The lowest BCUT2D eigenvalue weighted by atomic mass is 9.64. The Morgan fingerprint density at radius 3 is 2.12 bits per heavy atom. The van der Waals surface area contributed by atoms with Crippen LogP contribution in [-0.4, -0.2) is 13.4 Å². The van der Waals surface area contributed by atoms with Gasteiger partial charge in [-0.15, -0.1) is 0 Å². The summed E-state index contributed by atoms with van der Waals surface area (Å²) in [5.74, 6) is 3.00. The quantitative estimate of drug-likeness (QED) is 0.538. The fraction of sp³-hybridized carbons (Fsp3) is 0.727. The molecule has 1 aromatic rings. The van der Waals surface area contributed by atoms with Crippen LogP contribution in [0.3, 0.4) is 0 Å². The second-order valence-corrected chi connectivity index (χ2v) is 8.13. The Morgan fingerprint density at radius 2 is 1.67 bits per heavy atom. The summed E-state index contributed by atoms with van der Waals surface area (Å²) in [5.41, 5.74) is 1.50. The summed E-state index contributed by atoms with van der Waals surface area (Å²) in [6.45, 7) is 11.5. The van der Waals surface area contributed by atoms with E-state index in [9.17, 15) is 0 Å². The summed E-state index contributed by atoms with van der Waals surface area (Å²) in [4.78, 5) is 0. The number of ether oxygens (including phenoxy) is 2. The molecule has 0 aliphatic heterocycles. The Kier molecular flexibility index (Phi) is 6.74. The van der Waals surface area contributed by atoms with E-state index in [0.29, 0.717) is 5.92 Å². The highest BCUT2D eigenvalue weighted by atomic mass is 16.7. The largest absolute Gasteiger partial charge is 0.464 e. The van der Waals surface area contributed by atoms with Gasteiger partial charge < -0.3 is 9.47 Å². The van der Waals surface area contributed by atoms with Crippen LogP contribution in [0.2, 0.25) is 0 Å². The van der Waals surface area contributed by atoms with Crippen LogP contribution in [0.4, 0.5) is 0 Å². The van der Waals surface area contributed by atoms with Crippen molar-refractivity contribution in [3.8, 4) is 5.75 Å². The number of benzene rings is 1. The van der Waals surface area contributed by atoms with Crippen LogP contribution in [0.5, 0.6) is 5.75 Å². The van der Waals surface area contributed by atoms with Gasteiger partial charge in [-0.05, 0) is 67.6 Å². The monoisotopic (exact) mass is 332 g/mol. The molecule has 1 fully saturated rings. The van der Waals surface area contributed by atoms with E-state index in [2.05, 4.69) is 58.9 Å². The average Bonchev–Trinajstić information content (AvgIpc) is 2.58. The Balaban J connectivity index is 2.15. The van der Waals surface area contributed by atoms with Crippen molar-refractivity contribution in [2.24, 2.45) is 17.3 Å². The summed E-state index contributed by atoms with van der Waals surface area (Å²) in [6, 6.07) is 8.60. The molecule has 2 rings (SSSR count). The van der Waals surface area contributed by atoms with E-state index in [1.54, 1.807) is 7.11 Å². The summed E-state index contributed by atoms with van der Waals surface area (Å²) in [7, 11) is 1.79. The van der Waals surface area contributed by atoms with Crippen LogP contribution in [0, 0.1) is 17.3 Å². The fourth-order valence-corrected chi connectivity index (χ4v) is 4.63. The molecule has 2 heteroatoms. The van der Waals surface area contributed by atoms with Crippen molar-refractivity contribution in [2.45, 2.75) is 78.9 Å². The van der Waals surface area contributed by atoms with E-state index in [-0.39, 0.29) is 11.7 Å². The Morgan fingerprint density at radius 1 is 1.08 bits per heavy atom. The number of methoxy groups -OCH3 is 1. The van der Waals surface area contributed by atoms with Crippen molar-refractivity contribution in [3.63, 3.8) is 0 Å².